The van der Waals surface area contributed by atoms with E-state index in [1.165, 1.54) is 43.2 Å². The zero-order chi connectivity index (χ0) is 14.8. The fraction of sp³-hybridized carbons (Fsp3) is 0.812. The second-order valence-electron chi connectivity index (χ2n) is 6.76. The van der Waals surface area contributed by atoms with E-state index in [0.717, 1.165) is 5.92 Å². The number of nitrogens with zero attached hydrogens (tertiary/aromatic N) is 2. The van der Waals surface area contributed by atoms with Crippen molar-refractivity contribution in [2.45, 2.75) is 52.0 Å². The highest BCUT2D eigenvalue weighted by Gasteiger charge is 2.37. The highest BCUT2D eigenvalue weighted by molar-refractivity contribution is 7.09. The Morgan fingerprint density at radius 2 is 1.95 bits per heavy atom. The van der Waals surface area contributed by atoms with Crippen molar-refractivity contribution in [1.29, 1.82) is 0 Å². The Morgan fingerprint density at radius 3 is 2.40 bits per heavy atom. The molecule has 114 valence electrons. The third-order valence-corrected chi connectivity index (χ3v) is 5.40. The summed E-state index contributed by atoms with van der Waals surface area (Å²) in [4.78, 5) is 7.49. The van der Waals surface area contributed by atoms with Crippen molar-refractivity contribution in [2.75, 3.05) is 26.7 Å². The highest BCUT2D eigenvalue weighted by Crippen LogP contribution is 2.35. The first-order chi connectivity index (χ1) is 9.47. The predicted octanol–water partition coefficient (Wildman–Crippen LogP) is 3.43. The summed E-state index contributed by atoms with van der Waals surface area (Å²) in [5.41, 5.74) is 1.34. The molecular formula is C16H29N3S. The van der Waals surface area contributed by atoms with Crippen LogP contribution < -0.4 is 5.32 Å². The summed E-state index contributed by atoms with van der Waals surface area (Å²) in [6.07, 6.45) is 2.34. The van der Waals surface area contributed by atoms with Crippen LogP contribution >= 0.6 is 11.3 Å². The van der Waals surface area contributed by atoms with Crippen molar-refractivity contribution < 1.29 is 0 Å². The molecule has 0 spiro atoms. The minimum absolute atomic E-state index is 0.102. The van der Waals surface area contributed by atoms with Gasteiger partial charge in [-0.3, -0.25) is 0 Å². The van der Waals surface area contributed by atoms with E-state index in [1.54, 1.807) is 0 Å². The van der Waals surface area contributed by atoms with Gasteiger partial charge in [0, 0.05) is 25.0 Å². The molecule has 3 nitrogen and oxygen atoms in total. The Balaban J connectivity index is 2.07. The Kier molecular flexibility index (Phi) is 5.21. The molecule has 4 heteroatoms. The number of aromatic nitrogens is 1. The largest absolute Gasteiger partial charge is 0.308 e. The maximum atomic E-state index is 4.90. The average Bonchev–Trinajstić information content (AvgIpc) is 2.89. The Bertz CT molecular complexity index is 417. The van der Waals surface area contributed by atoms with Gasteiger partial charge in [0.2, 0.25) is 0 Å². The van der Waals surface area contributed by atoms with Gasteiger partial charge in [-0.25, -0.2) is 4.98 Å². The summed E-state index contributed by atoms with van der Waals surface area (Å²) < 4.78 is 0. The molecule has 0 aromatic carbocycles. The maximum absolute atomic E-state index is 4.90. The number of thiazole rings is 1. The molecule has 20 heavy (non-hydrogen) atoms. The topological polar surface area (TPSA) is 28.2 Å². The quantitative estimate of drug-likeness (QED) is 0.902. The van der Waals surface area contributed by atoms with E-state index >= 15 is 0 Å². The second kappa shape index (κ2) is 6.54. The summed E-state index contributed by atoms with van der Waals surface area (Å²) in [6, 6.07) is 0. The minimum Gasteiger partial charge on any atom is -0.308 e. The summed E-state index contributed by atoms with van der Waals surface area (Å²) >= 11 is 1.83. The number of hydrogen-bond donors (Lipinski definition) is 1. The summed E-state index contributed by atoms with van der Waals surface area (Å²) in [5, 5.41) is 7.10. The lowest BCUT2D eigenvalue weighted by Gasteiger charge is -2.41. The van der Waals surface area contributed by atoms with Crippen molar-refractivity contribution in [3.8, 4) is 0 Å². The summed E-state index contributed by atoms with van der Waals surface area (Å²) in [7, 11) is 2.09. The van der Waals surface area contributed by atoms with E-state index < -0.39 is 0 Å². The fourth-order valence-corrected chi connectivity index (χ4v) is 4.22. The van der Waals surface area contributed by atoms with Crippen LogP contribution in [0.1, 0.15) is 57.2 Å². The average molecular weight is 295 g/mol. The Labute approximate surface area is 127 Å². The molecule has 0 radical (unpaired) electrons. The molecule has 1 aromatic rings. The molecular weight excluding hydrogens is 266 g/mol. The van der Waals surface area contributed by atoms with E-state index in [4.69, 9.17) is 4.98 Å². The predicted molar refractivity (Wildman–Crippen MR) is 87.5 cm³/mol. The molecule has 1 aliphatic heterocycles. The monoisotopic (exact) mass is 295 g/mol. The van der Waals surface area contributed by atoms with Gasteiger partial charge < -0.3 is 10.2 Å². The smallest absolute Gasteiger partial charge is 0.113 e. The van der Waals surface area contributed by atoms with Crippen LogP contribution in [0.2, 0.25) is 0 Å². The van der Waals surface area contributed by atoms with Gasteiger partial charge in [0.1, 0.15) is 5.01 Å². The van der Waals surface area contributed by atoms with Crippen LogP contribution in [0.5, 0.6) is 0 Å². The lowest BCUT2D eigenvalue weighted by Crippen LogP contribution is -2.50. The van der Waals surface area contributed by atoms with Gasteiger partial charge in [-0.15, -0.1) is 11.3 Å². The van der Waals surface area contributed by atoms with Gasteiger partial charge in [0.25, 0.3) is 0 Å². The molecule has 0 amide bonds. The van der Waals surface area contributed by atoms with Gasteiger partial charge in [-0.05, 0) is 31.7 Å². The van der Waals surface area contributed by atoms with Crippen LogP contribution in [0.4, 0.5) is 0 Å². The molecule has 0 saturated carbocycles. The lowest BCUT2D eigenvalue weighted by atomic mass is 9.88. The fourth-order valence-electron chi connectivity index (χ4n) is 2.98. The van der Waals surface area contributed by atoms with Crippen molar-refractivity contribution in [1.82, 2.24) is 15.2 Å². The van der Waals surface area contributed by atoms with Crippen molar-refractivity contribution in [3.63, 3.8) is 0 Å². The number of rotatable bonds is 5. The molecule has 0 unspecified atom stereocenters. The van der Waals surface area contributed by atoms with E-state index in [1.807, 2.05) is 11.3 Å². The first-order valence-electron chi connectivity index (χ1n) is 7.84. The first kappa shape index (κ1) is 15.9. The molecule has 0 bridgehead atoms. The van der Waals surface area contributed by atoms with Gasteiger partial charge in [0.15, 0.2) is 0 Å². The van der Waals surface area contributed by atoms with Crippen LogP contribution in [0.15, 0.2) is 5.38 Å². The van der Waals surface area contributed by atoms with Crippen LogP contribution in [0.25, 0.3) is 0 Å². The summed E-state index contributed by atoms with van der Waals surface area (Å²) in [5.74, 6) is 1.28. The highest BCUT2D eigenvalue weighted by atomic mass is 32.1. The first-order valence-corrected chi connectivity index (χ1v) is 8.72. The third kappa shape index (κ3) is 3.41. The molecule has 2 heterocycles. The van der Waals surface area contributed by atoms with Gasteiger partial charge >= 0.3 is 0 Å². The van der Waals surface area contributed by atoms with Crippen LogP contribution in [-0.4, -0.2) is 36.6 Å². The third-order valence-electron chi connectivity index (χ3n) is 4.33. The van der Waals surface area contributed by atoms with E-state index in [0.29, 0.717) is 5.92 Å². The molecule has 1 aromatic heterocycles. The van der Waals surface area contributed by atoms with Crippen LogP contribution in [-0.2, 0) is 5.54 Å². The summed E-state index contributed by atoms with van der Waals surface area (Å²) in [6.45, 7) is 12.6. The maximum Gasteiger partial charge on any atom is 0.113 e. The van der Waals surface area contributed by atoms with Crippen LogP contribution in [0, 0.1) is 5.92 Å². The molecule has 1 fully saturated rings. The van der Waals surface area contributed by atoms with Crippen molar-refractivity contribution in [3.05, 3.63) is 16.1 Å². The van der Waals surface area contributed by atoms with Gasteiger partial charge in [-0.1, -0.05) is 27.7 Å². The Hall–Kier alpha value is -0.450. The normalized spacial score (nSPS) is 19.9. The number of piperidine rings is 1. The van der Waals surface area contributed by atoms with E-state index in [2.05, 4.69) is 50.3 Å². The molecule has 1 aliphatic rings. The molecule has 1 saturated heterocycles. The molecule has 2 rings (SSSR count). The zero-order valence-corrected chi connectivity index (χ0v) is 14.4. The zero-order valence-electron chi connectivity index (χ0n) is 13.6. The molecule has 1 N–H and O–H groups in total. The molecule has 0 atom stereocenters. The van der Waals surface area contributed by atoms with Crippen molar-refractivity contribution in [2.24, 2.45) is 5.92 Å². The SMILES string of the molecule is CNC1(c2nc(C(C)C)cs2)CCN(CC(C)C)CC1. The lowest BCUT2D eigenvalue weighted by molar-refractivity contribution is 0.129. The van der Waals surface area contributed by atoms with Crippen molar-refractivity contribution >= 4 is 11.3 Å². The number of likely N-dealkylation sites (tertiary alicyclic amines) is 1. The number of hydrogen-bond acceptors (Lipinski definition) is 4. The van der Waals surface area contributed by atoms with E-state index in [9.17, 15) is 0 Å². The minimum atomic E-state index is 0.102. The Morgan fingerprint density at radius 1 is 1.30 bits per heavy atom. The van der Waals surface area contributed by atoms with E-state index in [-0.39, 0.29) is 5.54 Å². The van der Waals surface area contributed by atoms with Gasteiger partial charge in [-0.2, -0.15) is 0 Å². The van der Waals surface area contributed by atoms with Crippen LogP contribution in [0.3, 0.4) is 0 Å². The standard InChI is InChI=1S/C16H29N3S/c1-12(2)10-19-8-6-16(17-5,7-9-19)15-18-14(11-20-15)13(3)4/h11-13,17H,6-10H2,1-5H3. The molecule has 0 aliphatic carbocycles. The van der Waals surface area contributed by atoms with Gasteiger partial charge in [0.05, 0.1) is 11.2 Å². The second-order valence-corrected chi connectivity index (χ2v) is 7.62. The number of nitrogens with one attached hydrogen (secondary N) is 1.